The van der Waals surface area contributed by atoms with E-state index in [1.54, 1.807) is 12.1 Å². The first kappa shape index (κ1) is 14.6. The zero-order valence-electron chi connectivity index (χ0n) is 10.9. The lowest BCUT2D eigenvalue weighted by Crippen LogP contribution is -2.03. The van der Waals surface area contributed by atoms with Crippen molar-refractivity contribution in [3.8, 4) is 5.75 Å². The van der Waals surface area contributed by atoms with Crippen LogP contribution in [0, 0.1) is 6.92 Å². The third-order valence-corrected chi connectivity index (χ3v) is 3.10. The van der Waals surface area contributed by atoms with Gasteiger partial charge in [0.15, 0.2) is 0 Å². The highest BCUT2D eigenvalue weighted by Gasteiger charge is 2.04. The van der Waals surface area contributed by atoms with Gasteiger partial charge in [0.05, 0.1) is 0 Å². The number of anilines is 1. The molecule has 2 rings (SSSR count). The van der Waals surface area contributed by atoms with Gasteiger partial charge in [-0.2, -0.15) is 8.78 Å². The van der Waals surface area contributed by atoms with E-state index < -0.39 is 6.61 Å². The van der Waals surface area contributed by atoms with Crippen LogP contribution >= 0.6 is 11.6 Å². The number of alkyl halides is 2. The summed E-state index contributed by atoms with van der Waals surface area (Å²) in [5.41, 5.74) is 3.06. The highest BCUT2D eigenvalue weighted by Crippen LogP contribution is 2.20. The molecule has 0 spiro atoms. The Balaban J connectivity index is 1.96. The van der Waals surface area contributed by atoms with E-state index in [1.807, 2.05) is 25.1 Å². The largest absolute Gasteiger partial charge is 0.435 e. The van der Waals surface area contributed by atoms with Crippen molar-refractivity contribution in [2.75, 3.05) is 5.32 Å². The van der Waals surface area contributed by atoms with E-state index in [-0.39, 0.29) is 5.75 Å². The summed E-state index contributed by atoms with van der Waals surface area (Å²) in [6.45, 7) is -0.175. The maximum absolute atomic E-state index is 12.0. The number of aryl methyl sites for hydroxylation is 1. The van der Waals surface area contributed by atoms with E-state index in [0.29, 0.717) is 11.6 Å². The monoisotopic (exact) mass is 297 g/mol. The molecule has 0 unspecified atom stereocenters. The molecule has 0 aromatic heterocycles. The summed E-state index contributed by atoms with van der Waals surface area (Å²) < 4.78 is 28.3. The van der Waals surface area contributed by atoms with Gasteiger partial charge in [0.2, 0.25) is 0 Å². The second-order valence-electron chi connectivity index (χ2n) is 4.33. The Bertz CT molecular complexity index is 573. The van der Waals surface area contributed by atoms with Crippen LogP contribution in [-0.4, -0.2) is 6.61 Å². The van der Waals surface area contributed by atoms with Gasteiger partial charge in [-0.15, -0.1) is 0 Å². The van der Waals surface area contributed by atoms with Crippen LogP contribution in [0.2, 0.25) is 5.02 Å². The Morgan fingerprint density at radius 1 is 1.15 bits per heavy atom. The van der Waals surface area contributed by atoms with Gasteiger partial charge < -0.3 is 10.1 Å². The maximum atomic E-state index is 12.0. The number of hydrogen-bond acceptors (Lipinski definition) is 2. The molecule has 2 aromatic rings. The van der Waals surface area contributed by atoms with Crippen molar-refractivity contribution < 1.29 is 13.5 Å². The molecule has 106 valence electrons. The zero-order chi connectivity index (χ0) is 14.5. The number of rotatable bonds is 5. The van der Waals surface area contributed by atoms with Crippen LogP contribution in [0.15, 0.2) is 42.5 Å². The molecule has 0 bridgehead atoms. The fraction of sp³-hybridized carbons (Fsp3) is 0.200. The van der Waals surface area contributed by atoms with Gasteiger partial charge in [-0.05, 0) is 54.4 Å². The molecule has 2 nitrogen and oxygen atoms in total. The molecule has 2 aromatic carbocycles. The van der Waals surface area contributed by atoms with Gasteiger partial charge in [-0.3, -0.25) is 0 Å². The Morgan fingerprint density at radius 2 is 1.85 bits per heavy atom. The number of benzene rings is 2. The average Bonchev–Trinajstić information content (AvgIpc) is 2.39. The van der Waals surface area contributed by atoms with E-state index in [1.165, 1.54) is 12.1 Å². The van der Waals surface area contributed by atoms with Crippen molar-refractivity contribution in [1.29, 1.82) is 0 Å². The van der Waals surface area contributed by atoms with Crippen LogP contribution < -0.4 is 10.1 Å². The van der Waals surface area contributed by atoms with Crippen molar-refractivity contribution in [1.82, 2.24) is 0 Å². The minimum atomic E-state index is -2.80. The SMILES string of the molecule is Cc1cc(Cl)ccc1CNc1ccc(OC(F)F)cc1. The minimum absolute atomic E-state index is 0.147. The van der Waals surface area contributed by atoms with E-state index in [9.17, 15) is 8.78 Å². The Morgan fingerprint density at radius 3 is 2.45 bits per heavy atom. The lowest BCUT2D eigenvalue weighted by Gasteiger charge is -2.10. The smallest absolute Gasteiger partial charge is 0.387 e. The second-order valence-corrected chi connectivity index (χ2v) is 4.76. The van der Waals surface area contributed by atoms with Crippen LogP contribution in [0.3, 0.4) is 0 Å². The van der Waals surface area contributed by atoms with Gasteiger partial charge >= 0.3 is 6.61 Å². The molecule has 0 atom stereocenters. The molecule has 1 N–H and O–H groups in total. The van der Waals surface area contributed by atoms with E-state index in [4.69, 9.17) is 11.6 Å². The fourth-order valence-electron chi connectivity index (χ4n) is 1.81. The van der Waals surface area contributed by atoms with Gasteiger partial charge in [0.25, 0.3) is 0 Å². The molecule has 0 radical (unpaired) electrons. The molecule has 0 saturated carbocycles. The first-order valence-electron chi connectivity index (χ1n) is 6.08. The lowest BCUT2D eigenvalue weighted by atomic mass is 10.1. The van der Waals surface area contributed by atoms with E-state index in [0.717, 1.165) is 16.8 Å². The molecule has 0 amide bonds. The third-order valence-electron chi connectivity index (χ3n) is 2.87. The maximum Gasteiger partial charge on any atom is 0.387 e. The molecule has 0 aliphatic rings. The summed E-state index contributed by atoms with van der Waals surface area (Å²) in [4.78, 5) is 0. The first-order chi connectivity index (χ1) is 9.54. The van der Waals surface area contributed by atoms with Crippen molar-refractivity contribution in [2.45, 2.75) is 20.1 Å². The molecule has 0 heterocycles. The minimum Gasteiger partial charge on any atom is -0.435 e. The molecule has 0 aliphatic carbocycles. The predicted molar refractivity (Wildman–Crippen MR) is 76.6 cm³/mol. The molecule has 0 aliphatic heterocycles. The van der Waals surface area contributed by atoms with E-state index >= 15 is 0 Å². The van der Waals surface area contributed by atoms with Crippen molar-refractivity contribution in [2.24, 2.45) is 0 Å². The molecular weight excluding hydrogens is 284 g/mol. The van der Waals surface area contributed by atoms with Crippen molar-refractivity contribution in [3.05, 3.63) is 58.6 Å². The van der Waals surface area contributed by atoms with Gasteiger partial charge in [0, 0.05) is 17.3 Å². The van der Waals surface area contributed by atoms with Crippen LogP contribution in [0.1, 0.15) is 11.1 Å². The molecule has 20 heavy (non-hydrogen) atoms. The summed E-state index contributed by atoms with van der Waals surface area (Å²) in [7, 11) is 0. The predicted octanol–water partition coefficient (Wildman–Crippen LogP) is 4.86. The van der Waals surface area contributed by atoms with Gasteiger partial charge in [0.1, 0.15) is 5.75 Å². The highest BCUT2D eigenvalue weighted by atomic mass is 35.5. The highest BCUT2D eigenvalue weighted by molar-refractivity contribution is 6.30. The quantitative estimate of drug-likeness (QED) is 0.851. The second kappa shape index (κ2) is 6.57. The Hall–Kier alpha value is -1.81. The van der Waals surface area contributed by atoms with Crippen LogP contribution in [0.25, 0.3) is 0 Å². The number of halogens is 3. The zero-order valence-corrected chi connectivity index (χ0v) is 11.6. The van der Waals surface area contributed by atoms with Gasteiger partial charge in [-0.1, -0.05) is 17.7 Å². The number of nitrogens with one attached hydrogen (secondary N) is 1. The summed E-state index contributed by atoms with van der Waals surface area (Å²) in [6.07, 6.45) is 0. The first-order valence-corrected chi connectivity index (χ1v) is 6.46. The standard InChI is InChI=1S/C15H14ClF2NO/c1-10-8-12(16)3-2-11(10)9-19-13-4-6-14(7-5-13)20-15(17)18/h2-8,15,19H,9H2,1H3. The van der Waals surface area contributed by atoms with Gasteiger partial charge in [-0.25, -0.2) is 0 Å². The molecule has 0 saturated heterocycles. The third kappa shape index (κ3) is 4.10. The summed E-state index contributed by atoms with van der Waals surface area (Å²) in [5.74, 6) is 0.147. The fourth-order valence-corrected chi connectivity index (χ4v) is 2.04. The van der Waals surface area contributed by atoms with E-state index in [2.05, 4.69) is 10.1 Å². The normalized spacial score (nSPS) is 10.7. The lowest BCUT2D eigenvalue weighted by molar-refractivity contribution is -0.0498. The van der Waals surface area contributed by atoms with Crippen molar-refractivity contribution >= 4 is 17.3 Å². The van der Waals surface area contributed by atoms with Crippen LogP contribution in [0.4, 0.5) is 14.5 Å². The molecule has 0 fully saturated rings. The summed E-state index contributed by atoms with van der Waals surface area (Å²) in [6, 6.07) is 12.1. The average molecular weight is 298 g/mol. The Labute approximate surface area is 121 Å². The summed E-state index contributed by atoms with van der Waals surface area (Å²) in [5, 5.41) is 3.92. The number of ether oxygens (including phenoxy) is 1. The Kier molecular flexibility index (Phi) is 4.79. The molecular formula is C15H14ClF2NO. The number of hydrogen-bond donors (Lipinski definition) is 1. The topological polar surface area (TPSA) is 21.3 Å². The van der Waals surface area contributed by atoms with Crippen LogP contribution in [0.5, 0.6) is 5.75 Å². The summed E-state index contributed by atoms with van der Waals surface area (Å²) >= 11 is 5.90. The van der Waals surface area contributed by atoms with Crippen molar-refractivity contribution in [3.63, 3.8) is 0 Å². The van der Waals surface area contributed by atoms with Crippen LogP contribution in [-0.2, 0) is 6.54 Å². The molecule has 5 heteroatoms.